The molecule has 2 aromatic rings. The highest BCUT2D eigenvalue weighted by atomic mass is 19.2. The van der Waals surface area contributed by atoms with E-state index in [1.165, 1.54) is 0 Å². The summed E-state index contributed by atoms with van der Waals surface area (Å²) in [5.74, 6) is -4.65. The number of pyridine rings is 1. The Kier molecular flexibility index (Phi) is 4.34. The largest absolute Gasteiger partial charge is 0.352 e. The van der Waals surface area contributed by atoms with Crippen LogP contribution in [0.3, 0.4) is 0 Å². The molecule has 6 heteroatoms. The van der Waals surface area contributed by atoms with Crippen LogP contribution in [-0.4, -0.2) is 10.9 Å². The van der Waals surface area contributed by atoms with Crippen molar-refractivity contribution in [3.8, 4) is 0 Å². The average Bonchev–Trinajstić information content (AvgIpc) is 2.47. The third-order valence-electron chi connectivity index (χ3n) is 2.71. The molecule has 1 N–H and O–H groups in total. The molecule has 2 rings (SSSR count). The van der Waals surface area contributed by atoms with Gasteiger partial charge in [0.25, 0.3) is 0 Å². The van der Waals surface area contributed by atoms with Crippen LogP contribution >= 0.6 is 0 Å². The number of halogens is 3. The van der Waals surface area contributed by atoms with E-state index >= 15 is 0 Å². The van der Waals surface area contributed by atoms with Gasteiger partial charge >= 0.3 is 0 Å². The summed E-state index contributed by atoms with van der Waals surface area (Å²) < 4.78 is 39.1. The summed E-state index contributed by atoms with van der Waals surface area (Å²) in [7, 11) is 0. The molecule has 0 radical (unpaired) electrons. The highest BCUT2D eigenvalue weighted by molar-refractivity contribution is 5.78. The topological polar surface area (TPSA) is 42.0 Å². The SMILES string of the molecule is O=C(Cc1ccc(F)c(F)c1F)NCc1ccncc1. The average molecular weight is 280 g/mol. The zero-order chi connectivity index (χ0) is 14.5. The Bertz CT molecular complexity index is 617. The van der Waals surface area contributed by atoms with Gasteiger partial charge in [-0.1, -0.05) is 6.07 Å². The molecule has 0 spiro atoms. The molecule has 0 bridgehead atoms. The van der Waals surface area contributed by atoms with E-state index in [1.54, 1.807) is 24.5 Å². The second-order valence-corrected chi connectivity index (χ2v) is 4.14. The summed E-state index contributed by atoms with van der Waals surface area (Å²) in [4.78, 5) is 15.5. The molecule has 0 saturated heterocycles. The molecule has 0 unspecified atom stereocenters. The van der Waals surface area contributed by atoms with Crippen molar-refractivity contribution < 1.29 is 18.0 Å². The lowest BCUT2D eigenvalue weighted by molar-refractivity contribution is -0.120. The van der Waals surface area contributed by atoms with E-state index in [2.05, 4.69) is 10.3 Å². The van der Waals surface area contributed by atoms with Gasteiger partial charge in [0, 0.05) is 24.5 Å². The van der Waals surface area contributed by atoms with Gasteiger partial charge in [-0.05, 0) is 23.8 Å². The molecule has 3 nitrogen and oxygen atoms in total. The summed E-state index contributed by atoms with van der Waals surface area (Å²) >= 11 is 0. The summed E-state index contributed by atoms with van der Waals surface area (Å²) in [5, 5.41) is 2.56. The van der Waals surface area contributed by atoms with Crippen LogP contribution in [0.15, 0.2) is 36.7 Å². The first-order chi connectivity index (χ1) is 9.58. The lowest BCUT2D eigenvalue weighted by atomic mass is 10.1. The van der Waals surface area contributed by atoms with E-state index in [1.807, 2.05) is 0 Å². The minimum absolute atomic E-state index is 0.184. The van der Waals surface area contributed by atoms with Crippen molar-refractivity contribution >= 4 is 5.91 Å². The quantitative estimate of drug-likeness (QED) is 0.874. The molecular weight excluding hydrogens is 269 g/mol. The predicted molar refractivity (Wildman–Crippen MR) is 66.1 cm³/mol. The van der Waals surface area contributed by atoms with Crippen LogP contribution < -0.4 is 5.32 Å². The summed E-state index contributed by atoms with van der Waals surface area (Å²) in [5.41, 5.74) is 0.648. The van der Waals surface area contributed by atoms with Crippen molar-refractivity contribution in [3.05, 3.63) is 65.2 Å². The van der Waals surface area contributed by atoms with Gasteiger partial charge in [-0.25, -0.2) is 13.2 Å². The van der Waals surface area contributed by atoms with Crippen LogP contribution in [0.25, 0.3) is 0 Å². The number of hydrogen-bond acceptors (Lipinski definition) is 2. The molecule has 0 aliphatic rings. The molecule has 1 amide bonds. The second kappa shape index (κ2) is 6.18. The molecule has 104 valence electrons. The maximum absolute atomic E-state index is 13.4. The van der Waals surface area contributed by atoms with Crippen molar-refractivity contribution in [1.82, 2.24) is 10.3 Å². The molecule has 0 fully saturated rings. The highest BCUT2D eigenvalue weighted by Crippen LogP contribution is 2.15. The Hall–Kier alpha value is -2.37. The first-order valence-electron chi connectivity index (χ1n) is 5.86. The van der Waals surface area contributed by atoms with Gasteiger partial charge in [-0.2, -0.15) is 0 Å². The van der Waals surface area contributed by atoms with Gasteiger partial charge in [0.2, 0.25) is 5.91 Å². The maximum Gasteiger partial charge on any atom is 0.224 e. The lowest BCUT2D eigenvalue weighted by Gasteiger charge is -2.07. The Morgan fingerprint density at radius 1 is 1.05 bits per heavy atom. The highest BCUT2D eigenvalue weighted by Gasteiger charge is 2.15. The van der Waals surface area contributed by atoms with Crippen LogP contribution in [0.5, 0.6) is 0 Å². The van der Waals surface area contributed by atoms with E-state index in [-0.39, 0.29) is 18.5 Å². The molecule has 0 aliphatic heterocycles. The van der Waals surface area contributed by atoms with Crippen LogP contribution in [0.2, 0.25) is 0 Å². The number of nitrogens with one attached hydrogen (secondary N) is 1. The Balaban J connectivity index is 1.97. The Morgan fingerprint density at radius 3 is 2.45 bits per heavy atom. The maximum atomic E-state index is 13.4. The zero-order valence-electron chi connectivity index (χ0n) is 10.4. The van der Waals surface area contributed by atoms with E-state index < -0.39 is 23.4 Å². The normalized spacial score (nSPS) is 10.3. The molecule has 0 saturated carbocycles. The number of carbonyl (C=O) groups excluding carboxylic acids is 1. The van der Waals surface area contributed by atoms with Crippen LogP contribution in [-0.2, 0) is 17.8 Å². The van der Waals surface area contributed by atoms with Crippen molar-refractivity contribution in [2.75, 3.05) is 0 Å². The summed E-state index contributed by atoms with van der Waals surface area (Å²) in [6.07, 6.45) is 2.81. The van der Waals surface area contributed by atoms with Crippen LogP contribution in [0.4, 0.5) is 13.2 Å². The Labute approximate surface area is 113 Å². The molecule has 20 heavy (non-hydrogen) atoms. The predicted octanol–water partition coefficient (Wildman–Crippen LogP) is 2.36. The molecule has 1 aromatic carbocycles. The fourth-order valence-electron chi connectivity index (χ4n) is 1.64. The minimum atomic E-state index is -1.57. The van der Waals surface area contributed by atoms with Gasteiger partial charge in [0.1, 0.15) is 0 Å². The van der Waals surface area contributed by atoms with Crippen molar-refractivity contribution in [1.29, 1.82) is 0 Å². The van der Waals surface area contributed by atoms with E-state index in [0.717, 1.165) is 17.7 Å². The van der Waals surface area contributed by atoms with Gasteiger partial charge < -0.3 is 5.32 Å². The van der Waals surface area contributed by atoms with Gasteiger partial charge in [-0.15, -0.1) is 0 Å². The first kappa shape index (κ1) is 14.0. The van der Waals surface area contributed by atoms with Gasteiger partial charge in [0.05, 0.1) is 6.42 Å². The number of benzene rings is 1. The molecular formula is C14H11F3N2O. The number of carbonyl (C=O) groups is 1. The third-order valence-corrected chi connectivity index (χ3v) is 2.71. The zero-order valence-corrected chi connectivity index (χ0v) is 10.4. The van der Waals surface area contributed by atoms with Crippen LogP contribution in [0.1, 0.15) is 11.1 Å². The summed E-state index contributed by atoms with van der Waals surface area (Å²) in [6.45, 7) is 0.257. The number of rotatable bonds is 4. The molecule has 1 aromatic heterocycles. The van der Waals surface area contributed by atoms with Gasteiger partial charge in [-0.3, -0.25) is 9.78 Å². The summed E-state index contributed by atoms with van der Waals surface area (Å²) in [6, 6.07) is 5.29. The molecule has 0 aliphatic carbocycles. The van der Waals surface area contributed by atoms with Crippen molar-refractivity contribution in [2.24, 2.45) is 0 Å². The fourth-order valence-corrected chi connectivity index (χ4v) is 1.64. The smallest absolute Gasteiger partial charge is 0.224 e. The minimum Gasteiger partial charge on any atom is -0.352 e. The van der Waals surface area contributed by atoms with Crippen molar-refractivity contribution in [3.63, 3.8) is 0 Å². The third kappa shape index (κ3) is 3.34. The standard InChI is InChI=1S/C14H11F3N2O/c15-11-2-1-10(13(16)14(11)17)7-12(20)19-8-9-3-5-18-6-4-9/h1-6H,7-8H2,(H,19,20). The van der Waals surface area contributed by atoms with E-state index in [0.29, 0.717) is 0 Å². The molecule has 1 heterocycles. The number of amides is 1. The number of hydrogen-bond donors (Lipinski definition) is 1. The Morgan fingerprint density at radius 2 is 1.75 bits per heavy atom. The van der Waals surface area contributed by atoms with Gasteiger partial charge in [0.15, 0.2) is 17.5 Å². The van der Waals surface area contributed by atoms with E-state index in [4.69, 9.17) is 0 Å². The monoisotopic (exact) mass is 280 g/mol. The molecule has 0 atom stereocenters. The lowest BCUT2D eigenvalue weighted by Crippen LogP contribution is -2.25. The fraction of sp³-hybridized carbons (Fsp3) is 0.143. The second-order valence-electron chi connectivity index (χ2n) is 4.14. The van der Waals surface area contributed by atoms with Crippen LogP contribution in [0, 0.1) is 17.5 Å². The number of nitrogens with zero attached hydrogens (tertiary/aromatic N) is 1. The first-order valence-corrected chi connectivity index (χ1v) is 5.86. The van der Waals surface area contributed by atoms with Crippen molar-refractivity contribution in [2.45, 2.75) is 13.0 Å². The van der Waals surface area contributed by atoms with E-state index in [9.17, 15) is 18.0 Å². The number of aromatic nitrogens is 1.